The summed E-state index contributed by atoms with van der Waals surface area (Å²) in [5.74, 6) is -1.17. The van der Waals surface area contributed by atoms with Gasteiger partial charge in [0.15, 0.2) is 11.5 Å². The monoisotopic (exact) mass is 649 g/mol. The van der Waals surface area contributed by atoms with Gasteiger partial charge in [-0.1, -0.05) is 6.07 Å². The van der Waals surface area contributed by atoms with Crippen molar-refractivity contribution in [2.75, 3.05) is 49.7 Å². The maximum atomic E-state index is 13.1. The summed E-state index contributed by atoms with van der Waals surface area (Å²) < 4.78 is 16.7. The van der Waals surface area contributed by atoms with Crippen molar-refractivity contribution < 1.29 is 38.4 Å². The number of nitrogens with zero attached hydrogens (tertiary/aromatic N) is 4. The number of carbonyl (C=O) groups is 3. The van der Waals surface area contributed by atoms with Gasteiger partial charge < -0.3 is 24.4 Å². The minimum absolute atomic E-state index is 0.0785. The molecule has 2 heterocycles. The van der Waals surface area contributed by atoms with E-state index in [1.54, 1.807) is 19.1 Å². The molecule has 1 N–H and O–H groups in total. The first-order valence-corrected chi connectivity index (χ1v) is 14.8. The van der Waals surface area contributed by atoms with E-state index in [4.69, 9.17) is 14.2 Å². The second-order valence-electron chi connectivity index (χ2n) is 9.87. The second-order valence-corrected chi connectivity index (χ2v) is 10.9. The summed E-state index contributed by atoms with van der Waals surface area (Å²) in [6.07, 6.45) is 1.45. The molecule has 0 atom stereocenters. The number of nitrogens with one attached hydrogen (secondary N) is 1. The number of rotatable bonds is 11. The number of nitro groups is 2. The summed E-state index contributed by atoms with van der Waals surface area (Å²) in [6.45, 7) is 4.28. The molecule has 0 radical (unpaired) electrons. The lowest BCUT2D eigenvalue weighted by Crippen LogP contribution is -2.36. The number of hydrogen-bond acceptors (Lipinski definition) is 12. The highest BCUT2D eigenvalue weighted by Gasteiger charge is 2.36. The molecule has 46 heavy (non-hydrogen) atoms. The molecule has 0 saturated carbocycles. The van der Waals surface area contributed by atoms with Gasteiger partial charge in [0.25, 0.3) is 16.8 Å². The van der Waals surface area contributed by atoms with Crippen LogP contribution >= 0.6 is 11.8 Å². The number of carbonyl (C=O) groups excluding carboxylic acids is 3. The molecule has 16 heteroatoms. The predicted octanol–water partition coefficient (Wildman–Crippen LogP) is 5.21. The summed E-state index contributed by atoms with van der Waals surface area (Å²) in [6, 6.07) is 14.7. The van der Waals surface area contributed by atoms with Crippen molar-refractivity contribution in [1.82, 2.24) is 4.90 Å². The summed E-state index contributed by atoms with van der Waals surface area (Å²) in [4.78, 5) is 62.6. The number of hydrogen-bond donors (Lipinski definition) is 1. The Kier molecular flexibility index (Phi) is 9.78. The number of non-ortho nitro benzene ring substituents is 1. The lowest BCUT2D eigenvalue weighted by atomic mass is 10.1. The highest BCUT2D eigenvalue weighted by molar-refractivity contribution is 8.18. The van der Waals surface area contributed by atoms with Crippen LogP contribution in [-0.2, 0) is 14.3 Å². The maximum Gasteiger partial charge on any atom is 0.318 e. The molecular weight excluding hydrogens is 622 g/mol. The van der Waals surface area contributed by atoms with Crippen LogP contribution in [0.25, 0.3) is 6.08 Å². The van der Waals surface area contributed by atoms with Gasteiger partial charge in [-0.15, -0.1) is 0 Å². The second kappa shape index (κ2) is 14.1. The number of morpholine rings is 1. The molecule has 0 aliphatic carbocycles. The van der Waals surface area contributed by atoms with Crippen LogP contribution in [0.3, 0.4) is 0 Å². The molecule has 3 aromatic rings. The third kappa shape index (κ3) is 7.41. The molecule has 0 aromatic heterocycles. The number of thioether (sulfide) groups is 1. The zero-order chi connectivity index (χ0) is 32.8. The van der Waals surface area contributed by atoms with Crippen molar-refractivity contribution in [3.05, 3.63) is 91.4 Å². The number of benzene rings is 3. The first kappa shape index (κ1) is 31.9. The summed E-state index contributed by atoms with van der Waals surface area (Å²) >= 11 is 0.678. The topological polar surface area (TPSA) is 184 Å². The molecule has 2 aliphatic rings. The zero-order valence-corrected chi connectivity index (χ0v) is 25.2. The van der Waals surface area contributed by atoms with Gasteiger partial charge in [-0.25, -0.2) is 0 Å². The zero-order valence-electron chi connectivity index (χ0n) is 24.4. The number of amides is 3. The number of nitro benzene ring substituents is 2. The molecule has 0 spiro atoms. The molecule has 0 bridgehead atoms. The van der Waals surface area contributed by atoms with E-state index < -0.39 is 44.8 Å². The standard InChI is InChI=1S/C30H27N5O10S/c1-2-44-26-15-19(3-9-25(26)45-24-10-8-22(34(39)40)17-23(24)35(41)42)16-27-29(37)33(30(38)46-27)18-28(36)31-20-4-6-21(7-5-20)32-11-13-43-14-12-32/h3-10,15-17H,2,11-14,18H2,1H3,(H,31,36)/b27-16+. The van der Waals surface area contributed by atoms with Crippen LogP contribution in [-0.4, -0.2) is 71.3 Å². The maximum absolute atomic E-state index is 13.1. The molecule has 3 amide bonds. The van der Waals surface area contributed by atoms with Gasteiger partial charge >= 0.3 is 5.69 Å². The fraction of sp³-hybridized carbons (Fsp3) is 0.233. The highest BCUT2D eigenvalue weighted by atomic mass is 32.2. The van der Waals surface area contributed by atoms with Crippen molar-refractivity contribution in [1.29, 1.82) is 0 Å². The van der Waals surface area contributed by atoms with Gasteiger partial charge in [0, 0.05) is 30.5 Å². The van der Waals surface area contributed by atoms with Crippen LogP contribution in [0.4, 0.5) is 27.5 Å². The smallest absolute Gasteiger partial charge is 0.318 e. The summed E-state index contributed by atoms with van der Waals surface area (Å²) in [5, 5.41) is 24.7. The highest BCUT2D eigenvalue weighted by Crippen LogP contribution is 2.40. The Labute approximate surface area is 266 Å². The molecule has 3 aromatic carbocycles. The number of imide groups is 1. The van der Waals surface area contributed by atoms with Gasteiger partial charge in [-0.3, -0.25) is 39.5 Å². The van der Waals surface area contributed by atoms with Gasteiger partial charge in [-0.05, 0) is 72.8 Å². The number of anilines is 2. The molecule has 238 valence electrons. The predicted molar refractivity (Wildman–Crippen MR) is 168 cm³/mol. The average Bonchev–Trinajstić information content (AvgIpc) is 3.30. The van der Waals surface area contributed by atoms with Gasteiger partial charge in [0.1, 0.15) is 6.54 Å². The SMILES string of the molecule is CCOc1cc(/C=C2/SC(=O)N(CC(=O)Nc3ccc(N4CCOCC4)cc3)C2=O)ccc1Oc1ccc([N+](=O)[O-])cc1[N+](=O)[O-]. The van der Waals surface area contributed by atoms with Crippen LogP contribution in [0.15, 0.2) is 65.6 Å². The Morgan fingerprint density at radius 3 is 2.37 bits per heavy atom. The largest absolute Gasteiger partial charge is 0.490 e. The minimum Gasteiger partial charge on any atom is -0.490 e. The first-order valence-electron chi connectivity index (χ1n) is 14.0. The lowest BCUT2D eigenvalue weighted by Gasteiger charge is -2.28. The third-order valence-electron chi connectivity index (χ3n) is 6.84. The van der Waals surface area contributed by atoms with Gasteiger partial charge in [-0.2, -0.15) is 0 Å². The summed E-state index contributed by atoms with van der Waals surface area (Å²) in [7, 11) is 0. The van der Waals surface area contributed by atoms with Gasteiger partial charge in [0.2, 0.25) is 11.7 Å². The lowest BCUT2D eigenvalue weighted by molar-refractivity contribution is -0.394. The van der Waals surface area contributed by atoms with Crippen molar-refractivity contribution in [3.8, 4) is 17.2 Å². The van der Waals surface area contributed by atoms with Crippen LogP contribution < -0.4 is 19.7 Å². The molecule has 0 unspecified atom stereocenters. The third-order valence-corrected chi connectivity index (χ3v) is 7.75. The van der Waals surface area contributed by atoms with Crippen molar-refractivity contribution >= 4 is 57.6 Å². The van der Waals surface area contributed by atoms with Crippen LogP contribution in [0.2, 0.25) is 0 Å². The van der Waals surface area contributed by atoms with Crippen LogP contribution in [0.1, 0.15) is 12.5 Å². The minimum atomic E-state index is -0.796. The van der Waals surface area contributed by atoms with E-state index in [1.807, 2.05) is 12.1 Å². The van der Waals surface area contributed by atoms with E-state index in [9.17, 15) is 34.6 Å². The number of ether oxygens (including phenoxy) is 3. The Morgan fingerprint density at radius 2 is 1.70 bits per heavy atom. The van der Waals surface area contributed by atoms with Crippen LogP contribution in [0.5, 0.6) is 17.2 Å². The van der Waals surface area contributed by atoms with Crippen molar-refractivity contribution in [2.24, 2.45) is 0 Å². The van der Waals surface area contributed by atoms with E-state index in [0.717, 1.165) is 41.9 Å². The molecule has 5 rings (SSSR count). The van der Waals surface area contributed by atoms with Gasteiger partial charge in [0.05, 0.1) is 40.6 Å². The van der Waals surface area contributed by atoms with E-state index >= 15 is 0 Å². The Morgan fingerprint density at radius 1 is 0.978 bits per heavy atom. The fourth-order valence-corrected chi connectivity index (χ4v) is 5.48. The van der Waals surface area contributed by atoms with E-state index in [2.05, 4.69) is 10.2 Å². The van der Waals surface area contributed by atoms with Crippen LogP contribution in [0, 0.1) is 20.2 Å². The Balaban J connectivity index is 1.26. The molecule has 2 aliphatic heterocycles. The quantitative estimate of drug-likeness (QED) is 0.163. The average molecular weight is 650 g/mol. The fourth-order valence-electron chi connectivity index (χ4n) is 4.64. The molecule has 15 nitrogen and oxygen atoms in total. The molecular formula is C30H27N5O10S. The first-order chi connectivity index (χ1) is 22.1. The Hall–Kier alpha value is -5.48. The van der Waals surface area contributed by atoms with E-state index in [-0.39, 0.29) is 28.8 Å². The van der Waals surface area contributed by atoms with Crippen molar-refractivity contribution in [3.63, 3.8) is 0 Å². The van der Waals surface area contributed by atoms with E-state index in [0.29, 0.717) is 36.2 Å². The Bertz CT molecular complexity index is 1720. The van der Waals surface area contributed by atoms with E-state index in [1.165, 1.54) is 24.3 Å². The molecule has 2 fully saturated rings. The summed E-state index contributed by atoms with van der Waals surface area (Å²) in [5.41, 5.74) is 0.892. The van der Waals surface area contributed by atoms with Crippen molar-refractivity contribution in [2.45, 2.75) is 6.92 Å². The molecule has 2 saturated heterocycles. The normalized spacial score (nSPS) is 15.6.